The molecule has 0 saturated carbocycles. The molecule has 4 rings (SSSR count). The molecular formula is C20H14ClN9O6. The van der Waals surface area contributed by atoms with Crippen LogP contribution < -0.4 is 15.9 Å². The van der Waals surface area contributed by atoms with Crippen LogP contribution in [0.25, 0.3) is 5.82 Å². The van der Waals surface area contributed by atoms with Crippen molar-refractivity contribution >= 4 is 41.2 Å². The lowest BCUT2D eigenvalue weighted by molar-refractivity contribution is -0.384. The summed E-state index contributed by atoms with van der Waals surface area (Å²) in [7, 11) is 0. The van der Waals surface area contributed by atoms with Crippen LogP contribution in [0.5, 0.6) is 5.75 Å². The molecule has 0 spiro atoms. The number of hydrogen-bond acceptors (Lipinski definition) is 12. The van der Waals surface area contributed by atoms with E-state index in [0.717, 1.165) is 10.7 Å². The Morgan fingerprint density at radius 1 is 1.28 bits per heavy atom. The van der Waals surface area contributed by atoms with Gasteiger partial charge in [-0.3, -0.25) is 14.9 Å². The predicted molar refractivity (Wildman–Crippen MR) is 123 cm³/mol. The third-order valence-corrected chi connectivity index (χ3v) is 4.90. The lowest BCUT2D eigenvalue weighted by atomic mass is 10.2. The Morgan fingerprint density at radius 3 is 2.81 bits per heavy atom. The van der Waals surface area contributed by atoms with Crippen molar-refractivity contribution in [2.45, 2.75) is 6.92 Å². The molecule has 2 heterocycles. The minimum Gasteiger partial charge on any atom is -0.423 e. The first-order valence-electron chi connectivity index (χ1n) is 9.85. The standard InChI is InChI=1S/C20H14ClN9O6/c1-10-16(29(28-24-10)18-17(22)26-36-27-18)19(31)25-23-9-11-3-2-4-13(7-11)35-20(32)12-5-6-14(21)15(8-12)30(33)34/h2-9H,1H3,(H2,22,26)(H,25,31)/b23-9-. The minimum atomic E-state index is -0.824. The fourth-order valence-corrected chi connectivity index (χ4v) is 3.11. The molecule has 0 saturated heterocycles. The van der Waals surface area contributed by atoms with Gasteiger partial charge >= 0.3 is 5.97 Å². The Hall–Kier alpha value is -5.18. The van der Waals surface area contributed by atoms with Crippen LogP contribution >= 0.6 is 11.6 Å². The third kappa shape index (κ3) is 5.00. The zero-order valence-corrected chi connectivity index (χ0v) is 18.9. The molecule has 3 N–H and O–H groups in total. The lowest BCUT2D eigenvalue weighted by Gasteiger charge is -2.06. The maximum Gasteiger partial charge on any atom is 0.343 e. The van der Waals surface area contributed by atoms with Crippen molar-refractivity contribution in [3.05, 3.63) is 80.1 Å². The number of nitrogens with one attached hydrogen (secondary N) is 1. The van der Waals surface area contributed by atoms with Gasteiger partial charge in [0.15, 0.2) is 5.69 Å². The van der Waals surface area contributed by atoms with E-state index in [4.69, 9.17) is 22.1 Å². The van der Waals surface area contributed by atoms with Crippen LogP contribution in [0.3, 0.4) is 0 Å². The second-order valence-electron chi connectivity index (χ2n) is 6.99. The first-order chi connectivity index (χ1) is 17.2. The average molecular weight is 512 g/mol. The number of anilines is 1. The van der Waals surface area contributed by atoms with Crippen LogP contribution in [-0.4, -0.2) is 48.3 Å². The summed E-state index contributed by atoms with van der Waals surface area (Å²) in [5.41, 5.74) is 8.26. The molecule has 16 heteroatoms. The van der Waals surface area contributed by atoms with Gasteiger partial charge in [0, 0.05) is 6.07 Å². The molecule has 0 fully saturated rings. The number of nitro benzene ring substituents is 1. The number of carbonyl (C=O) groups is 2. The molecular weight excluding hydrogens is 498 g/mol. The number of aryl methyl sites for hydroxylation is 1. The second kappa shape index (κ2) is 9.98. The number of nitrogens with two attached hydrogens (primary N) is 1. The molecule has 36 heavy (non-hydrogen) atoms. The normalized spacial score (nSPS) is 10.9. The van der Waals surface area contributed by atoms with Crippen molar-refractivity contribution in [3.63, 3.8) is 0 Å². The molecule has 2 aromatic heterocycles. The number of nitrogens with zero attached hydrogens (tertiary/aromatic N) is 7. The van der Waals surface area contributed by atoms with Crippen molar-refractivity contribution in [2.24, 2.45) is 5.10 Å². The van der Waals surface area contributed by atoms with Gasteiger partial charge in [0.1, 0.15) is 10.8 Å². The molecule has 4 aromatic rings. The lowest BCUT2D eigenvalue weighted by Crippen LogP contribution is -2.22. The van der Waals surface area contributed by atoms with Crippen molar-refractivity contribution in [3.8, 4) is 11.6 Å². The van der Waals surface area contributed by atoms with E-state index in [1.165, 1.54) is 30.5 Å². The monoisotopic (exact) mass is 511 g/mol. The van der Waals surface area contributed by atoms with E-state index >= 15 is 0 Å². The number of carbonyl (C=O) groups excluding carboxylic acids is 2. The van der Waals surface area contributed by atoms with E-state index in [0.29, 0.717) is 5.56 Å². The fourth-order valence-electron chi connectivity index (χ4n) is 2.93. The van der Waals surface area contributed by atoms with Crippen molar-refractivity contribution in [1.29, 1.82) is 0 Å². The van der Waals surface area contributed by atoms with E-state index < -0.39 is 22.5 Å². The highest BCUT2D eigenvalue weighted by molar-refractivity contribution is 6.32. The van der Waals surface area contributed by atoms with Crippen molar-refractivity contribution < 1.29 is 23.9 Å². The Labute approximate surface area is 205 Å². The number of rotatable bonds is 7. The van der Waals surface area contributed by atoms with Gasteiger partial charge in [-0.1, -0.05) is 28.9 Å². The van der Waals surface area contributed by atoms with Crippen LogP contribution in [0.15, 0.2) is 52.2 Å². The molecule has 182 valence electrons. The van der Waals surface area contributed by atoms with Gasteiger partial charge in [-0.15, -0.1) is 5.10 Å². The maximum absolute atomic E-state index is 12.6. The number of nitro groups is 1. The fraction of sp³-hybridized carbons (Fsp3) is 0.0500. The largest absolute Gasteiger partial charge is 0.423 e. The van der Waals surface area contributed by atoms with E-state index in [9.17, 15) is 19.7 Å². The molecule has 0 unspecified atom stereocenters. The van der Waals surface area contributed by atoms with Gasteiger partial charge < -0.3 is 10.5 Å². The van der Waals surface area contributed by atoms with E-state index in [-0.39, 0.29) is 39.4 Å². The third-order valence-electron chi connectivity index (χ3n) is 4.58. The quantitative estimate of drug-likeness (QED) is 0.121. The number of hydrazone groups is 1. The summed E-state index contributed by atoms with van der Waals surface area (Å²) in [5, 5.41) is 29.5. The van der Waals surface area contributed by atoms with Crippen molar-refractivity contribution in [1.82, 2.24) is 30.7 Å². The maximum atomic E-state index is 12.6. The first kappa shape index (κ1) is 24.0. The highest BCUT2D eigenvalue weighted by atomic mass is 35.5. The van der Waals surface area contributed by atoms with Crippen LogP contribution in [0.4, 0.5) is 11.5 Å². The Kier molecular flexibility index (Phi) is 6.64. The van der Waals surface area contributed by atoms with Gasteiger partial charge in [0.25, 0.3) is 11.6 Å². The van der Waals surface area contributed by atoms with Gasteiger partial charge in [-0.2, -0.15) is 9.78 Å². The average Bonchev–Trinajstić information content (AvgIpc) is 3.44. The molecule has 0 aliphatic carbocycles. The predicted octanol–water partition coefficient (Wildman–Crippen LogP) is 2.09. The van der Waals surface area contributed by atoms with Gasteiger partial charge in [0.2, 0.25) is 11.6 Å². The summed E-state index contributed by atoms with van der Waals surface area (Å²) in [5.74, 6) is -1.44. The van der Waals surface area contributed by atoms with Crippen LogP contribution in [0.2, 0.25) is 5.02 Å². The highest BCUT2D eigenvalue weighted by Crippen LogP contribution is 2.26. The summed E-state index contributed by atoms with van der Waals surface area (Å²) < 4.78 is 10.9. The molecule has 0 bridgehead atoms. The number of ether oxygens (including phenoxy) is 1. The molecule has 0 radical (unpaired) electrons. The number of hydrogen-bond donors (Lipinski definition) is 2. The Balaban J connectivity index is 1.45. The molecule has 0 aliphatic heterocycles. The summed E-state index contributed by atoms with van der Waals surface area (Å²) in [6, 6.07) is 9.76. The second-order valence-corrected chi connectivity index (χ2v) is 7.40. The Morgan fingerprint density at radius 2 is 2.08 bits per heavy atom. The molecule has 15 nitrogen and oxygen atoms in total. The summed E-state index contributed by atoms with van der Waals surface area (Å²) in [4.78, 5) is 35.4. The number of esters is 1. The van der Waals surface area contributed by atoms with Crippen molar-refractivity contribution in [2.75, 3.05) is 5.73 Å². The number of halogens is 1. The number of benzene rings is 2. The zero-order valence-electron chi connectivity index (χ0n) is 18.2. The highest BCUT2D eigenvalue weighted by Gasteiger charge is 2.23. The summed E-state index contributed by atoms with van der Waals surface area (Å²) in [6.45, 7) is 1.55. The van der Waals surface area contributed by atoms with E-state index in [1.54, 1.807) is 19.1 Å². The zero-order chi connectivity index (χ0) is 25.8. The topological polar surface area (TPSA) is 207 Å². The molecule has 0 atom stereocenters. The van der Waals surface area contributed by atoms with E-state index in [2.05, 4.69) is 35.8 Å². The first-order valence-corrected chi connectivity index (χ1v) is 10.2. The van der Waals surface area contributed by atoms with E-state index in [1.807, 2.05) is 0 Å². The SMILES string of the molecule is Cc1nnn(-c2nonc2N)c1C(=O)N/N=C\c1cccc(OC(=O)c2ccc(Cl)c([N+](=O)[O-])c2)c1. The van der Waals surface area contributed by atoms with Crippen LogP contribution in [0, 0.1) is 17.0 Å². The molecule has 1 amide bonds. The minimum absolute atomic E-state index is 0.00860. The smallest absolute Gasteiger partial charge is 0.343 e. The number of aromatic nitrogens is 5. The summed E-state index contributed by atoms with van der Waals surface area (Å²) >= 11 is 5.77. The molecule has 0 aliphatic rings. The number of nitrogen functional groups attached to an aromatic ring is 1. The van der Waals surface area contributed by atoms with Crippen LogP contribution in [-0.2, 0) is 0 Å². The van der Waals surface area contributed by atoms with Gasteiger partial charge in [-0.25, -0.2) is 14.8 Å². The summed E-state index contributed by atoms with van der Waals surface area (Å²) in [6.07, 6.45) is 1.30. The molecule has 2 aromatic carbocycles. The Bertz CT molecular complexity index is 1510. The number of amides is 1. The van der Waals surface area contributed by atoms with Gasteiger partial charge in [-0.05, 0) is 47.1 Å². The van der Waals surface area contributed by atoms with Gasteiger partial charge in [0.05, 0.1) is 22.4 Å². The van der Waals surface area contributed by atoms with Crippen LogP contribution in [0.1, 0.15) is 32.1 Å².